The molecule has 0 saturated carbocycles. The van der Waals surface area contributed by atoms with Crippen LogP contribution in [0.15, 0.2) is 42.9 Å². The molecule has 0 aliphatic carbocycles. The first-order valence-corrected chi connectivity index (χ1v) is 6.07. The number of hydrogen-bond acceptors (Lipinski definition) is 3. The number of nitrogens with zero attached hydrogens (tertiary/aromatic N) is 3. The third-order valence-corrected chi connectivity index (χ3v) is 3.02. The molecule has 0 radical (unpaired) electrons. The number of hydrogen-bond donors (Lipinski definition) is 1. The summed E-state index contributed by atoms with van der Waals surface area (Å²) in [7, 11) is 0. The highest BCUT2D eigenvalue weighted by atomic mass is 19.1. The van der Waals surface area contributed by atoms with Crippen molar-refractivity contribution in [1.29, 1.82) is 0 Å². The molecule has 0 bridgehead atoms. The molecule has 0 unspecified atom stereocenters. The second-order valence-electron chi connectivity index (χ2n) is 4.24. The van der Waals surface area contributed by atoms with Crippen LogP contribution in [0.1, 0.15) is 5.69 Å². The summed E-state index contributed by atoms with van der Waals surface area (Å²) < 4.78 is 15.6. The van der Waals surface area contributed by atoms with Gasteiger partial charge in [-0.1, -0.05) is 0 Å². The van der Waals surface area contributed by atoms with Gasteiger partial charge < -0.3 is 10.1 Å². The molecule has 0 aliphatic rings. The van der Waals surface area contributed by atoms with Crippen LogP contribution in [-0.4, -0.2) is 20.9 Å². The second-order valence-corrected chi connectivity index (χ2v) is 4.24. The Kier molecular flexibility index (Phi) is 2.97. The van der Waals surface area contributed by atoms with Gasteiger partial charge in [-0.05, 0) is 30.8 Å². The predicted octanol–water partition coefficient (Wildman–Crippen LogP) is 2.04. The van der Waals surface area contributed by atoms with Gasteiger partial charge in [0.25, 0.3) is 0 Å². The third-order valence-electron chi connectivity index (χ3n) is 3.02. The van der Waals surface area contributed by atoms with E-state index in [1.807, 2.05) is 12.1 Å². The molecular formula is C14H13FN4. The Bertz CT molecular complexity index is 706. The molecule has 0 saturated heterocycles. The van der Waals surface area contributed by atoms with Crippen molar-refractivity contribution in [2.24, 2.45) is 5.73 Å². The van der Waals surface area contributed by atoms with E-state index in [1.165, 1.54) is 6.07 Å². The second kappa shape index (κ2) is 4.78. The van der Waals surface area contributed by atoms with Crippen molar-refractivity contribution in [3.63, 3.8) is 0 Å². The van der Waals surface area contributed by atoms with E-state index in [-0.39, 0.29) is 5.82 Å². The molecule has 3 aromatic heterocycles. The van der Waals surface area contributed by atoms with E-state index in [1.54, 1.807) is 29.1 Å². The van der Waals surface area contributed by atoms with E-state index in [0.717, 1.165) is 17.0 Å². The maximum atomic E-state index is 13.8. The molecule has 4 nitrogen and oxygen atoms in total. The zero-order valence-corrected chi connectivity index (χ0v) is 10.3. The Hall–Kier alpha value is -2.27. The quantitative estimate of drug-likeness (QED) is 0.780. The van der Waals surface area contributed by atoms with Crippen LogP contribution in [0.2, 0.25) is 0 Å². The van der Waals surface area contributed by atoms with E-state index in [2.05, 4.69) is 9.97 Å². The topological polar surface area (TPSA) is 56.2 Å². The maximum absolute atomic E-state index is 13.8. The summed E-state index contributed by atoms with van der Waals surface area (Å²) in [6, 6.07) is 6.81. The van der Waals surface area contributed by atoms with Crippen molar-refractivity contribution >= 4 is 5.65 Å². The fraction of sp³-hybridized carbons (Fsp3) is 0.143. The summed E-state index contributed by atoms with van der Waals surface area (Å²) in [5, 5.41) is 0. The maximum Gasteiger partial charge on any atom is 0.173 e. The minimum atomic E-state index is -0.337. The average Bonchev–Trinajstić information content (AvgIpc) is 2.81. The number of halogens is 1. The van der Waals surface area contributed by atoms with Gasteiger partial charge in [0.1, 0.15) is 0 Å². The van der Waals surface area contributed by atoms with Crippen LogP contribution in [-0.2, 0) is 6.42 Å². The minimum Gasteiger partial charge on any atom is -0.330 e. The largest absolute Gasteiger partial charge is 0.330 e. The monoisotopic (exact) mass is 256 g/mol. The standard InChI is InChI=1S/C14H13FN4/c15-11-4-2-8-19-12(5-6-16)13(18-14(11)19)10-3-1-7-17-9-10/h1-4,7-9H,5-6,16H2. The lowest BCUT2D eigenvalue weighted by atomic mass is 10.1. The van der Waals surface area contributed by atoms with Crippen LogP contribution < -0.4 is 5.73 Å². The molecule has 0 atom stereocenters. The zero-order chi connectivity index (χ0) is 13.2. The number of fused-ring (bicyclic) bond motifs is 1. The normalized spacial score (nSPS) is 11.1. The van der Waals surface area contributed by atoms with Crippen LogP contribution in [0.4, 0.5) is 4.39 Å². The van der Waals surface area contributed by atoms with Crippen LogP contribution in [0.5, 0.6) is 0 Å². The molecule has 0 aromatic carbocycles. The molecule has 0 amide bonds. The highest BCUT2D eigenvalue weighted by Crippen LogP contribution is 2.25. The highest BCUT2D eigenvalue weighted by Gasteiger charge is 2.15. The third kappa shape index (κ3) is 1.98. The van der Waals surface area contributed by atoms with Gasteiger partial charge in [-0.15, -0.1) is 0 Å². The predicted molar refractivity (Wildman–Crippen MR) is 71.1 cm³/mol. The summed E-state index contributed by atoms with van der Waals surface area (Å²) >= 11 is 0. The van der Waals surface area contributed by atoms with Crippen LogP contribution in [0.25, 0.3) is 16.9 Å². The van der Waals surface area contributed by atoms with Crippen molar-refractivity contribution in [2.75, 3.05) is 6.54 Å². The average molecular weight is 256 g/mol. The Balaban J connectivity index is 2.29. The lowest BCUT2D eigenvalue weighted by Gasteiger charge is -2.03. The van der Waals surface area contributed by atoms with E-state index < -0.39 is 0 Å². The summed E-state index contributed by atoms with van der Waals surface area (Å²) in [6.45, 7) is 0.484. The SMILES string of the molecule is NCCc1c(-c2cccnc2)nc2c(F)cccn12. The van der Waals surface area contributed by atoms with Gasteiger partial charge >= 0.3 is 0 Å². The van der Waals surface area contributed by atoms with Gasteiger partial charge in [-0.3, -0.25) is 4.98 Å². The van der Waals surface area contributed by atoms with Crippen molar-refractivity contribution in [3.8, 4) is 11.3 Å². The Labute approximate surface area is 109 Å². The molecule has 96 valence electrons. The zero-order valence-electron chi connectivity index (χ0n) is 10.3. The fourth-order valence-electron chi connectivity index (χ4n) is 2.19. The van der Waals surface area contributed by atoms with E-state index in [4.69, 9.17) is 5.73 Å². The van der Waals surface area contributed by atoms with Crippen molar-refractivity contribution in [2.45, 2.75) is 6.42 Å². The summed E-state index contributed by atoms with van der Waals surface area (Å²) in [4.78, 5) is 8.47. The molecule has 2 N–H and O–H groups in total. The molecule has 0 aliphatic heterocycles. The molecule has 19 heavy (non-hydrogen) atoms. The van der Waals surface area contributed by atoms with Gasteiger partial charge in [0.05, 0.1) is 11.4 Å². The molecule has 0 spiro atoms. The highest BCUT2D eigenvalue weighted by molar-refractivity contribution is 5.66. The Morgan fingerprint density at radius 1 is 1.26 bits per heavy atom. The van der Waals surface area contributed by atoms with E-state index in [0.29, 0.717) is 18.6 Å². The number of rotatable bonds is 3. The molecule has 0 fully saturated rings. The Morgan fingerprint density at radius 3 is 2.89 bits per heavy atom. The van der Waals surface area contributed by atoms with Crippen LogP contribution in [0, 0.1) is 5.82 Å². The van der Waals surface area contributed by atoms with Gasteiger partial charge in [-0.2, -0.15) is 0 Å². The molecule has 3 rings (SSSR count). The molecule has 3 aromatic rings. The van der Waals surface area contributed by atoms with Crippen LogP contribution >= 0.6 is 0 Å². The first kappa shape index (κ1) is 11.8. The fourth-order valence-corrected chi connectivity index (χ4v) is 2.19. The number of aromatic nitrogens is 3. The molecule has 3 heterocycles. The number of pyridine rings is 2. The van der Waals surface area contributed by atoms with Gasteiger partial charge in [0.15, 0.2) is 11.5 Å². The number of nitrogens with two attached hydrogens (primary N) is 1. The first-order chi connectivity index (χ1) is 9.31. The first-order valence-electron chi connectivity index (χ1n) is 6.07. The van der Waals surface area contributed by atoms with Crippen molar-refractivity contribution in [3.05, 3.63) is 54.4 Å². The lowest BCUT2D eigenvalue weighted by Crippen LogP contribution is -2.06. The number of imidazole rings is 1. The van der Waals surface area contributed by atoms with Crippen molar-refractivity contribution in [1.82, 2.24) is 14.4 Å². The molecular weight excluding hydrogens is 243 g/mol. The van der Waals surface area contributed by atoms with Gasteiger partial charge in [0.2, 0.25) is 0 Å². The van der Waals surface area contributed by atoms with Gasteiger partial charge in [-0.25, -0.2) is 9.37 Å². The summed E-state index contributed by atoms with van der Waals surface area (Å²) in [5.41, 5.74) is 8.49. The van der Waals surface area contributed by atoms with E-state index >= 15 is 0 Å². The van der Waals surface area contributed by atoms with Crippen molar-refractivity contribution < 1.29 is 4.39 Å². The smallest absolute Gasteiger partial charge is 0.173 e. The summed E-state index contributed by atoms with van der Waals surface area (Å²) in [5.74, 6) is -0.337. The molecule has 5 heteroatoms. The lowest BCUT2D eigenvalue weighted by molar-refractivity contribution is 0.629. The van der Waals surface area contributed by atoms with Crippen LogP contribution in [0.3, 0.4) is 0 Å². The Morgan fingerprint density at radius 2 is 2.16 bits per heavy atom. The van der Waals surface area contributed by atoms with E-state index in [9.17, 15) is 4.39 Å². The minimum absolute atomic E-state index is 0.324. The van der Waals surface area contributed by atoms with Gasteiger partial charge in [0, 0.05) is 30.6 Å². The summed E-state index contributed by atoms with van der Waals surface area (Å²) in [6.07, 6.45) is 5.85.